The van der Waals surface area contributed by atoms with E-state index in [2.05, 4.69) is 20.8 Å². The van der Waals surface area contributed by atoms with Crippen molar-refractivity contribution >= 4 is 46.6 Å². The summed E-state index contributed by atoms with van der Waals surface area (Å²) in [4.78, 5) is 35.9. The molecule has 2 aromatic rings. The van der Waals surface area contributed by atoms with Gasteiger partial charge >= 0.3 is 0 Å². The summed E-state index contributed by atoms with van der Waals surface area (Å²) in [6.45, 7) is 0. The van der Waals surface area contributed by atoms with Crippen LogP contribution in [0.2, 0.25) is 0 Å². The minimum absolute atomic E-state index is 0.00265. The quantitative estimate of drug-likeness (QED) is 0.447. The monoisotopic (exact) mass is 455 g/mol. The van der Waals surface area contributed by atoms with E-state index in [0.717, 1.165) is 11.8 Å². The Morgan fingerprint density at radius 3 is 2.59 bits per heavy atom. The average Bonchev–Trinajstić information content (AvgIpc) is 3.12. The van der Waals surface area contributed by atoms with E-state index in [1.807, 2.05) is 6.07 Å². The first-order valence-electron chi connectivity index (χ1n) is 9.32. The topological polar surface area (TPSA) is 142 Å². The summed E-state index contributed by atoms with van der Waals surface area (Å²) in [6.07, 6.45) is 1.15. The number of methoxy groups -OCH3 is 2. The van der Waals surface area contributed by atoms with Crippen molar-refractivity contribution in [2.24, 2.45) is 10.2 Å². The third-order valence-corrected chi connectivity index (χ3v) is 5.40. The van der Waals surface area contributed by atoms with Crippen LogP contribution < -0.4 is 25.2 Å². The molecule has 1 unspecified atom stereocenters. The maximum Gasteiger partial charge on any atom is 0.240 e. The number of para-hydroxylation sites is 1. The Labute approximate surface area is 187 Å². The molecule has 0 saturated carbocycles. The Balaban J connectivity index is 1.68. The van der Waals surface area contributed by atoms with Crippen molar-refractivity contribution in [1.29, 1.82) is 0 Å². The summed E-state index contributed by atoms with van der Waals surface area (Å²) < 4.78 is 10.2. The number of carboxylic acids is 1. The van der Waals surface area contributed by atoms with Gasteiger partial charge in [0, 0.05) is 17.7 Å². The molecule has 1 atom stereocenters. The number of amidine groups is 1. The van der Waals surface area contributed by atoms with E-state index < -0.39 is 11.2 Å². The van der Waals surface area contributed by atoms with E-state index in [9.17, 15) is 19.5 Å². The van der Waals surface area contributed by atoms with E-state index in [0.29, 0.717) is 5.69 Å². The molecular formula is C21H19N4O6S-. The van der Waals surface area contributed by atoms with Gasteiger partial charge in [0.15, 0.2) is 16.7 Å². The van der Waals surface area contributed by atoms with Crippen molar-refractivity contribution in [2.45, 2.75) is 11.7 Å². The first kappa shape index (κ1) is 22.8. The fourth-order valence-electron chi connectivity index (χ4n) is 2.89. The zero-order valence-corrected chi connectivity index (χ0v) is 18.0. The van der Waals surface area contributed by atoms with Gasteiger partial charge in [-0.05, 0) is 24.3 Å². The van der Waals surface area contributed by atoms with Crippen LogP contribution >= 0.6 is 11.8 Å². The summed E-state index contributed by atoms with van der Waals surface area (Å²) in [7, 11) is 2.69. The van der Waals surface area contributed by atoms with Crippen molar-refractivity contribution in [2.75, 3.05) is 19.5 Å². The van der Waals surface area contributed by atoms with Crippen LogP contribution in [0, 0.1) is 0 Å². The molecule has 0 bridgehead atoms. The number of hydrogen-bond donors (Lipinski definition) is 2. The third-order valence-electron chi connectivity index (χ3n) is 4.33. The highest BCUT2D eigenvalue weighted by Gasteiger charge is 2.32. The molecule has 1 saturated heterocycles. The molecule has 0 aromatic heterocycles. The summed E-state index contributed by atoms with van der Waals surface area (Å²) in [5.74, 6) is -1.92. The molecular weight excluding hydrogens is 436 g/mol. The maximum atomic E-state index is 12.2. The fourth-order valence-corrected chi connectivity index (χ4v) is 3.82. The van der Waals surface area contributed by atoms with Gasteiger partial charge in [-0.25, -0.2) is 0 Å². The van der Waals surface area contributed by atoms with Gasteiger partial charge in [0.05, 0.1) is 32.0 Å². The van der Waals surface area contributed by atoms with Crippen molar-refractivity contribution in [3.05, 3.63) is 53.6 Å². The van der Waals surface area contributed by atoms with Gasteiger partial charge in [-0.15, -0.1) is 5.10 Å². The lowest BCUT2D eigenvalue weighted by atomic mass is 10.1. The second kappa shape index (κ2) is 10.4. The number of carbonyl (C=O) groups excluding carboxylic acids is 3. The van der Waals surface area contributed by atoms with Crippen LogP contribution in [0.25, 0.3) is 0 Å². The Kier molecular flexibility index (Phi) is 7.45. The van der Waals surface area contributed by atoms with Gasteiger partial charge < -0.3 is 30.0 Å². The van der Waals surface area contributed by atoms with Gasteiger partial charge in [-0.3, -0.25) is 9.59 Å². The molecule has 1 heterocycles. The molecule has 0 aliphatic carbocycles. The summed E-state index contributed by atoms with van der Waals surface area (Å²) in [6, 6.07) is 11.9. The second-order valence-corrected chi connectivity index (χ2v) is 7.61. The van der Waals surface area contributed by atoms with Crippen LogP contribution in [0.1, 0.15) is 22.3 Å². The van der Waals surface area contributed by atoms with Crippen molar-refractivity contribution in [3.63, 3.8) is 0 Å². The minimum atomic E-state index is -1.47. The number of carboxylic acid groups (broad SMARTS) is 1. The zero-order valence-electron chi connectivity index (χ0n) is 17.2. The Hall–Kier alpha value is -3.86. The predicted molar refractivity (Wildman–Crippen MR) is 118 cm³/mol. The summed E-state index contributed by atoms with van der Waals surface area (Å²) >= 11 is 1.06. The van der Waals surface area contributed by atoms with E-state index >= 15 is 0 Å². The van der Waals surface area contributed by atoms with Crippen molar-refractivity contribution < 1.29 is 29.0 Å². The number of carbonyl (C=O) groups is 3. The van der Waals surface area contributed by atoms with Crippen LogP contribution in [0.3, 0.4) is 0 Å². The third kappa shape index (κ3) is 5.43. The fraction of sp³-hybridized carbons (Fsp3) is 0.190. The molecule has 2 amide bonds. The molecule has 1 aliphatic rings. The van der Waals surface area contributed by atoms with Gasteiger partial charge in [-0.1, -0.05) is 30.0 Å². The van der Waals surface area contributed by atoms with Crippen molar-refractivity contribution in [1.82, 2.24) is 5.32 Å². The van der Waals surface area contributed by atoms with E-state index in [-0.39, 0.29) is 46.0 Å². The summed E-state index contributed by atoms with van der Waals surface area (Å²) in [5, 5.41) is 24.1. The molecule has 11 heteroatoms. The number of aromatic carboxylic acids is 1. The van der Waals surface area contributed by atoms with Crippen LogP contribution in [-0.4, -0.2) is 48.6 Å². The number of thioether (sulfide) groups is 1. The molecule has 2 aromatic carbocycles. The first-order chi connectivity index (χ1) is 15.4. The summed E-state index contributed by atoms with van der Waals surface area (Å²) in [5.41, 5.74) is 0.576. The minimum Gasteiger partial charge on any atom is -0.545 e. The number of nitrogens with zero attached hydrogens (tertiary/aromatic N) is 2. The molecule has 0 spiro atoms. The second-order valence-electron chi connectivity index (χ2n) is 6.42. The highest BCUT2D eigenvalue weighted by atomic mass is 32.2. The molecule has 3 rings (SSSR count). The van der Waals surface area contributed by atoms with Crippen LogP contribution in [0.4, 0.5) is 5.69 Å². The maximum absolute atomic E-state index is 12.2. The zero-order chi connectivity index (χ0) is 23.1. The first-order valence-corrected chi connectivity index (χ1v) is 10.2. The lowest BCUT2D eigenvalue weighted by Crippen LogP contribution is -2.28. The van der Waals surface area contributed by atoms with E-state index in [4.69, 9.17) is 9.47 Å². The molecule has 10 nitrogen and oxygen atoms in total. The highest BCUT2D eigenvalue weighted by Crippen LogP contribution is 2.32. The van der Waals surface area contributed by atoms with Crippen LogP contribution in [0.15, 0.2) is 52.7 Å². The lowest BCUT2D eigenvalue weighted by Gasteiger charge is -2.15. The SMILES string of the molecule is COc1ccc(C=NN=C2NC(=O)C(CC(=O)Nc3ccccc3)S2)c(C(=O)[O-])c1OC. The standard InChI is InChI=1S/C21H20N4O6S/c1-30-14-9-8-12(17(20(28)29)18(14)31-2)11-22-25-21-24-19(27)15(32-21)10-16(26)23-13-6-4-3-5-7-13/h3-9,11,15H,10H2,1-2H3,(H,23,26)(H,28,29)(H,24,25,27)/p-1. The molecule has 2 N–H and O–H groups in total. The Morgan fingerprint density at radius 2 is 1.94 bits per heavy atom. The smallest absolute Gasteiger partial charge is 0.240 e. The van der Waals surface area contributed by atoms with E-state index in [1.54, 1.807) is 24.3 Å². The number of hydrogen-bond acceptors (Lipinski definition) is 9. The van der Waals surface area contributed by atoms with Crippen LogP contribution in [-0.2, 0) is 9.59 Å². The largest absolute Gasteiger partial charge is 0.545 e. The van der Waals surface area contributed by atoms with Gasteiger partial charge in [0.1, 0.15) is 5.25 Å². The number of anilines is 1. The predicted octanol–water partition coefficient (Wildman–Crippen LogP) is 1.02. The Bertz CT molecular complexity index is 1090. The molecule has 1 fully saturated rings. The van der Waals surface area contributed by atoms with Gasteiger partial charge in [-0.2, -0.15) is 5.10 Å². The Morgan fingerprint density at radius 1 is 1.19 bits per heavy atom. The van der Waals surface area contributed by atoms with E-state index in [1.165, 1.54) is 32.6 Å². The number of amides is 2. The number of nitrogens with one attached hydrogen (secondary N) is 2. The van der Waals surface area contributed by atoms with Gasteiger partial charge in [0.2, 0.25) is 11.8 Å². The van der Waals surface area contributed by atoms with Crippen LogP contribution in [0.5, 0.6) is 11.5 Å². The average molecular weight is 455 g/mol. The van der Waals surface area contributed by atoms with Crippen molar-refractivity contribution in [3.8, 4) is 11.5 Å². The number of rotatable bonds is 8. The molecule has 1 aliphatic heterocycles. The molecule has 32 heavy (non-hydrogen) atoms. The molecule has 166 valence electrons. The normalized spacial score (nSPS) is 16.8. The molecule has 0 radical (unpaired) electrons. The highest BCUT2D eigenvalue weighted by molar-refractivity contribution is 8.15. The van der Waals surface area contributed by atoms with Gasteiger partial charge in [0.25, 0.3) is 0 Å². The lowest BCUT2D eigenvalue weighted by molar-refractivity contribution is -0.255. The number of benzene rings is 2. The number of ether oxygens (including phenoxy) is 2.